The molecule has 0 radical (unpaired) electrons. The number of para-hydroxylation sites is 2. The molecule has 37 heavy (non-hydrogen) atoms. The molecule has 0 aliphatic rings. The number of aromatic nitrogens is 3. The molecule has 7 rings (SSSR count). The first kappa shape index (κ1) is 21.3. The van der Waals surface area contributed by atoms with Crippen LogP contribution in [-0.4, -0.2) is 14.5 Å². The average molecular weight is 474 g/mol. The summed E-state index contributed by atoms with van der Waals surface area (Å²) < 4.78 is 2.33. The molecule has 0 amide bonds. The monoisotopic (exact) mass is 473 g/mol. The second-order valence-electron chi connectivity index (χ2n) is 9.11. The van der Waals surface area contributed by atoms with Gasteiger partial charge >= 0.3 is 0 Å². The van der Waals surface area contributed by atoms with Gasteiger partial charge in [0.05, 0.1) is 22.4 Å². The first-order valence-electron chi connectivity index (χ1n) is 12.4. The van der Waals surface area contributed by atoms with E-state index in [4.69, 9.17) is 9.97 Å². The van der Waals surface area contributed by atoms with Crippen LogP contribution in [0.15, 0.2) is 140 Å². The van der Waals surface area contributed by atoms with E-state index in [1.54, 1.807) is 0 Å². The Hall–Kier alpha value is -5.02. The zero-order valence-electron chi connectivity index (χ0n) is 20.1. The molecule has 3 heteroatoms. The van der Waals surface area contributed by atoms with Crippen molar-refractivity contribution in [3.8, 4) is 39.6 Å². The van der Waals surface area contributed by atoms with Gasteiger partial charge in [0.25, 0.3) is 0 Å². The first-order chi connectivity index (χ1) is 18.3. The highest BCUT2D eigenvalue weighted by Gasteiger charge is 2.15. The Morgan fingerprint density at radius 1 is 0.405 bits per heavy atom. The summed E-state index contributed by atoms with van der Waals surface area (Å²) in [6.07, 6.45) is 0. The van der Waals surface area contributed by atoms with Gasteiger partial charge in [0, 0.05) is 33.2 Å². The fourth-order valence-electron chi connectivity index (χ4n) is 5.05. The molecular weight excluding hydrogens is 450 g/mol. The summed E-state index contributed by atoms with van der Waals surface area (Å²) in [6, 6.07) is 48.3. The van der Waals surface area contributed by atoms with E-state index in [1.807, 2.05) is 36.4 Å². The molecule has 0 fully saturated rings. The number of hydrogen-bond donors (Lipinski definition) is 0. The number of nitrogens with zero attached hydrogens (tertiary/aromatic N) is 3. The van der Waals surface area contributed by atoms with Crippen LogP contribution in [0.25, 0.3) is 61.4 Å². The van der Waals surface area contributed by atoms with Gasteiger partial charge < -0.3 is 4.57 Å². The van der Waals surface area contributed by atoms with Gasteiger partial charge in [0.2, 0.25) is 0 Å². The van der Waals surface area contributed by atoms with Crippen molar-refractivity contribution in [1.29, 1.82) is 0 Å². The van der Waals surface area contributed by atoms with Gasteiger partial charge in [-0.05, 0) is 30.3 Å². The highest BCUT2D eigenvalue weighted by atomic mass is 15.0. The maximum Gasteiger partial charge on any atom is 0.160 e. The third-order valence-corrected chi connectivity index (χ3v) is 6.81. The van der Waals surface area contributed by atoms with Crippen LogP contribution < -0.4 is 0 Å². The number of hydrogen-bond acceptors (Lipinski definition) is 2. The SMILES string of the molecule is c1ccc(-c2cc(-c3ccccc3)nc(-c3ccc4c5ccccc5n(-c5ccccc5)c4c3)n2)cc1. The molecule has 0 atom stereocenters. The number of benzene rings is 5. The van der Waals surface area contributed by atoms with Crippen molar-refractivity contribution >= 4 is 21.8 Å². The van der Waals surface area contributed by atoms with Crippen molar-refractivity contribution < 1.29 is 0 Å². The lowest BCUT2D eigenvalue weighted by atomic mass is 10.1. The van der Waals surface area contributed by atoms with Gasteiger partial charge in [0.1, 0.15) is 0 Å². The molecule has 0 saturated heterocycles. The molecule has 0 bridgehead atoms. The summed E-state index contributed by atoms with van der Waals surface area (Å²) >= 11 is 0. The van der Waals surface area contributed by atoms with E-state index < -0.39 is 0 Å². The summed E-state index contributed by atoms with van der Waals surface area (Å²) in [5.41, 5.74) is 8.41. The minimum Gasteiger partial charge on any atom is -0.309 e. The third-order valence-electron chi connectivity index (χ3n) is 6.81. The lowest BCUT2D eigenvalue weighted by molar-refractivity contribution is 1.17. The van der Waals surface area contributed by atoms with E-state index in [1.165, 1.54) is 16.3 Å². The maximum atomic E-state index is 5.04. The van der Waals surface area contributed by atoms with Crippen LogP contribution >= 0.6 is 0 Å². The fourth-order valence-corrected chi connectivity index (χ4v) is 5.05. The lowest BCUT2D eigenvalue weighted by Crippen LogP contribution is -1.97. The predicted molar refractivity (Wildman–Crippen MR) is 153 cm³/mol. The standard InChI is InChI=1S/C34H23N3/c1-4-12-24(13-5-1)30-23-31(25-14-6-2-7-15-25)36-34(35-30)26-20-21-29-28-18-10-11-19-32(28)37(33(29)22-26)27-16-8-3-9-17-27/h1-23H. The molecule has 7 aromatic rings. The Morgan fingerprint density at radius 3 is 1.59 bits per heavy atom. The quantitative estimate of drug-likeness (QED) is 0.256. The minimum atomic E-state index is 0.715. The molecule has 3 nitrogen and oxygen atoms in total. The van der Waals surface area contributed by atoms with Gasteiger partial charge in [-0.2, -0.15) is 0 Å². The van der Waals surface area contributed by atoms with Crippen LogP contribution in [0, 0.1) is 0 Å². The Labute approximate surface area is 215 Å². The summed E-state index contributed by atoms with van der Waals surface area (Å²) in [5, 5.41) is 2.45. The highest BCUT2D eigenvalue weighted by Crippen LogP contribution is 2.35. The first-order valence-corrected chi connectivity index (χ1v) is 12.4. The molecule has 0 N–H and O–H groups in total. The minimum absolute atomic E-state index is 0.715. The molecule has 0 aliphatic carbocycles. The second-order valence-corrected chi connectivity index (χ2v) is 9.11. The van der Waals surface area contributed by atoms with Crippen molar-refractivity contribution in [3.63, 3.8) is 0 Å². The molecule has 174 valence electrons. The Balaban J connectivity index is 1.48. The Bertz CT molecular complexity index is 1800. The fraction of sp³-hybridized carbons (Fsp3) is 0. The van der Waals surface area contributed by atoms with Gasteiger partial charge in [-0.3, -0.25) is 0 Å². The number of fused-ring (bicyclic) bond motifs is 3. The molecule has 5 aromatic carbocycles. The third kappa shape index (κ3) is 3.78. The smallest absolute Gasteiger partial charge is 0.160 e. The Morgan fingerprint density at radius 2 is 0.946 bits per heavy atom. The van der Waals surface area contributed by atoms with Crippen LogP contribution in [0.4, 0.5) is 0 Å². The average Bonchev–Trinajstić information content (AvgIpc) is 3.32. The molecule has 2 aromatic heterocycles. The van der Waals surface area contributed by atoms with E-state index in [-0.39, 0.29) is 0 Å². The van der Waals surface area contributed by atoms with Crippen molar-refractivity contribution in [2.24, 2.45) is 0 Å². The van der Waals surface area contributed by atoms with Gasteiger partial charge in [-0.25, -0.2) is 9.97 Å². The molecule has 0 unspecified atom stereocenters. The lowest BCUT2D eigenvalue weighted by Gasteiger charge is -2.11. The van der Waals surface area contributed by atoms with Crippen LogP contribution in [0.3, 0.4) is 0 Å². The Kier molecular flexibility index (Phi) is 5.11. The summed E-state index contributed by atoms with van der Waals surface area (Å²) in [4.78, 5) is 10.1. The zero-order chi connectivity index (χ0) is 24.6. The van der Waals surface area contributed by atoms with Crippen LogP contribution in [-0.2, 0) is 0 Å². The summed E-state index contributed by atoms with van der Waals surface area (Å²) in [6.45, 7) is 0. The molecule has 0 aliphatic heterocycles. The van der Waals surface area contributed by atoms with E-state index in [0.717, 1.165) is 39.3 Å². The van der Waals surface area contributed by atoms with Crippen molar-refractivity contribution in [2.45, 2.75) is 0 Å². The molecule has 0 spiro atoms. The van der Waals surface area contributed by atoms with Crippen LogP contribution in [0.2, 0.25) is 0 Å². The van der Waals surface area contributed by atoms with E-state index >= 15 is 0 Å². The van der Waals surface area contributed by atoms with E-state index in [2.05, 4.69) is 108 Å². The van der Waals surface area contributed by atoms with E-state index in [0.29, 0.717) is 5.82 Å². The van der Waals surface area contributed by atoms with Gasteiger partial charge in [0.15, 0.2) is 5.82 Å². The van der Waals surface area contributed by atoms with Gasteiger partial charge in [-0.15, -0.1) is 0 Å². The van der Waals surface area contributed by atoms with Crippen molar-refractivity contribution in [2.75, 3.05) is 0 Å². The molecule has 2 heterocycles. The zero-order valence-corrected chi connectivity index (χ0v) is 20.1. The highest BCUT2D eigenvalue weighted by molar-refractivity contribution is 6.10. The predicted octanol–water partition coefficient (Wildman–Crippen LogP) is 8.57. The van der Waals surface area contributed by atoms with Crippen molar-refractivity contribution in [1.82, 2.24) is 14.5 Å². The summed E-state index contributed by atoms with van der Waals surface area (Å²) in [5.74, 6) is 0.715. The topological polar surface area (TPSA) is 30.7 Å². The largest absolute Gasteiger partial charge is 0.309 e. The normalized spacial score (nSPS) is 11.2. The molecule has 0 saturated carbocycles. The maximum absolute atomic E-state index is 5.04. The number of rotatable bonds is 4. The van der Waals surface area contributed by atoms with Crippen LogP contribution in [0.5, 0.6) is 0 Å². The van der Waals surface area contributed by atoms with E-state index in [9.17, 15) is 0 Å². The second kappa shape index (κ2) is 8.89. The molecular formula is C34H23N3. The van der Waals surface area contributed by atoms with Gasteiger partial charge in [-0.1, -0.05) is 109 Å². The van der Waals surface area contributed by atoms with Crippen LogP contribution in [0.1, 0.15) is 0 Å². The van der Waals surface area contributed by atoms with Crippen molar-refractivity contribution in [3.05, 3.63) is 140 Å². The summed E-state index contributed by atoms with van der Waals surface area (Å²) in [7, 11) is 0.